The van der Waals surface area contributed by atoms with Crippen molar-refractivity contribution in [1.29, 1.82) is 0 Å². The van der Waals surface area contributed by atoms with Gasteiger partial charge < -0.3 is 10.6 Å². The highest BCUT2D eigenvalue weighted by molar-refractivity contribution is 5.72. The SMILES string of the molecule is CC(C)c1ccccc1C1CN(C(N)=O)CCC1C(C)(C)C. The van der Waals surface area contributed by atoms with E-state index in [0.29, 0.717) is 17.8 Å². The van der Waals surface area contributed by atoms with E-state index in [0.717, 1.165) is 19.5 Å². The molecule has 1 aliphatic rings. The summed E-state index contributed by atoms with van der Waals surface area (Å²) in [6.45, 7) is 12.9. The second-order valence-electron chi connectivity index (χ2n) is 7.94. The van der Waals surface area contributed by atoms with Crippen molar-refractivity contribution >= 4 is 6.03 Å². The lowest BCUT2D eigenvalue weighted by molar-refractivity contribution is 0.103. The molecule has 122 valence electrons. The minimum Gasteiger partial charge on any atom is -0.351 e. The number of rotatable bonds is 2. The van der Waals surface area contributed by atoms with Crippen molar-refractivity contribution in [2.45, 2.75) is 52.9 Å². The number of nitrogens with two attached hydrogens (primary N) is 1. The molecule has 2 N–H and O–H groups in total. The fraction of sp³-hybridized carbons (Fsp3) is 0.632. The van der Waals surface area contributed by atoms with Gasteiger partial charge in [0.25, 0.3) is 0 Å². The van der Waals surface area contributed by atoms with Crippen molar-refractivity contribution in [2.75, 3.05) is 13.1 Å². The van der Waals surface area contributed by atoms with E-state index in [2.05, 4.69) is 58.9 Å². The minimum atomic E-state index is -0.292. The Balaban J connectivity index is 2.43. The van der Waals surface area contributed by atoms with Gasteiger partial charge in [0, 0.05) is 19.0 Å². The van der Waals surface area contributed by atoms with Crippen LogP contribution in [0, 0.1) is 11.3 Å². The maximum absolute atomic E-state index is 11.7. The van der Waals surface area contributed by atoms with E-state index in [1.165, 1.54) is 11.1 Å². The molecule has 2 atom stereocenters. The Labute approximate surface area is 134 Å². The Hall–Kier alpha value is -1.51. The van der Waals surface area contributed by atoms with Gasteiger partial charge in [-0.3, -0.25) is 0 Å². The molecule has 22 heavy (non-hydrogen) atoms. The highest BCUT2D eigenvalue weighted by atomic mass is 16.2. The molecule has 0 aromatic heterocycles. The fourth-order valence-corrected chi connectivity index (χ4v) is 3.88. The molecule has 0 aliphatic carbocycles. The lowest BCUT2D eigenvalue weighted by atomic mass is 9.66. The third kappa shape index (κ3) is 3.45. The summed E-state index contributed by atoms with van der Waals surface area (Å²) in [5.74, 6) is 1.41. The molecule has 1 aliphatic heterocycles. The van der Waals surface area contributed by atoms with Crippen molar-refractivity contribution in [3.63, 3.8) is 0 Å². The number of carbonyl (C=O) groups excluding carboxylic acids is 1. The quantitative estimate of drug-likeness (QED) is 0.868. The molecule has 1 fully saturated rings. The summed E-state index contributed by atoms with van der Waals surface area (Å²) < 4.78 is 0. The number of nitrogens with zero attached hydrogens (tertiary/aromatic N) is 1. The summed E-state index contributed by atoms with van der Waals surface area (Å²) in [6.07, 6.45) is 1.02. The van der Waals surface area contributed by atoms with E-state index < -0.39 is 0 Å². The monoisotopic (exact) mass is 302 g/mol. The van der Waals surface area contributed by atoms with Gasteiger partial charge in [-0.25, -0.2) is 4.79 Å². The molecule has 1 aromatic carbocycles. The maximum Gasteiger partial charge on any atom is 0.314 e. The molecule has 2 unspecified atom stereocenters. The summed E-state index contributed by atoms with van der Waals surface area (Å²) in [6, 6.07) is 8.40. The average molecular weight is 302 g/mol. The summed E-state index contributed by atoms with van der Waals surface area (Å²) >= 11 is 0. The van der Waals surface area contributed by atoms with Gasteiger partial charge in [-0.2, -0.15) is 0 Å². The zero-order valence-corrected chi connectivity index (χ0v) is 14.6. The molecule has 0 radical (unpaired) electrons. The van der Waals surface area contributed by atoms with Crippen LogP contribution < -0.4 is 5.73 Å². The van der Waals surface area contributed by atoms with Crippen LogP contribution in [0.1, 0.15) is 64.0 Å². The molecular formula is C19H30N2O. The van der Waals surface area contributed by atoms with E-state index in [1.807, 2.05) is 4.90 Å². The van der Waals surface area contributed by atoms with Crippen molar-refractivity contribution in [1.82, 2.24) is 4.90 Å². The van der Waals surface area contributed by atoms with Crippen molar-refractivity contribution in [3.05, 3.63) is 35.4 Å². The summed E-state index contributed by atoms with van der Waals surface area (Å²) in [5.41, 5.74) is 8.56. The Bertz CT molecular complexity index is 530. The highest BCUT2D eigenvalue weighted by Crippen LogP contribution is 2.44. The zero-order valence-electron chi connectivity index (χ0n) is 14.6. The van der Waals surface area contributed by atoms with Gasteiger partial charge >= 0.3 is 6.03 Å². The van der Waals surface area contributed by atoms with Gasteiger partial charge in [-0.15, -0.1) is 0 Å². The second kappa shape index (κ2) is 6.31. The Kier molecular flexibility index (Phi) is 4.84. The first-order valence-electron chi connectivity index (χ1n) is 8.35. The van der Waals surface area contributed by atoms with Crippen LogP contribution in [0.15, 0.2) is 24.3 Å². The summed E-state index contributed by atoms with van der Waals surface area (Å²) in [4.78, 5) is 13.5. The summed E-state index contributed by atoms with van der Waals surface area (Å²) in [7, 11) is 0. The van der Waals surface area contributed by atoms with E-state index in [4.69, 9.17) is 5.73 Å². The number of piperidine rings is 1. The molecule has 0 spiro atoms. The molecule has 1 saturated heterocycles. The molecule has 2 rings (SSSR count). The van der Waals surface area contributed by atoms with Crippen LogP contribution in [0.25, 0.3) is 0 Å². The minimum absolute atomic E-state index is 0.221. The van der Waals surface area contributed by atoms with Crippen LogP contribution >= 0.6 is 0 Å². The third-order valence-corrected chi connectivity index (χ3v) is 5.05. The topological polar surface area (TPSA) is 46.3 Å². The predicted molar refractivity (Wildman–Crippen MR) is 92.0 cm³/mol. The normalized spacial score (nSPS) is 22.9. The van der Waals surface area contributed by atoms with E-state index in [1.54, 1.807) is 0 Å². The lowest BCUT2D eigenvalue weighted by Crippen LogP contribution is -2.48. The van der Waals surface area contributed by atoms with E-state index >= 15 is 0 Å². The number of primary amides is 1. The number of urea groups is 1. The number of benzene rings is 1. The first kappa shape index (κ1) is 16.9. The highest BCUT2D eigenvalue weighted by Gasteiger charge is 2.39. The molecular weight excluding hydrogens is 272 g/mol. The number of amides is 2. The summed E-state index contributed by atoms with van der Waals surface area (Å²) in [5, 5.41) is 0. The van der Waals surface area contributed by atoms with Crippen LogP contribution in [-0.2, 0) is 0 Å². The fourth-order valence-electron chi connectivity index (χ4n) is 3.88. The lowest BCUT2D eigenvalue weighted by Gasteiger charge is -2.45. The van der Waals surface area contributed by atoms with Gasteiger partial charge in [0.15, 0.2) is 0 Å². The number of likely N-dealkylation sites (tertiary alicyclic amines) is 1. The van der Waals surface area contributed by atoms with Crippen molar-refractivity contribution in [2.24, 2.45) is 17.1 Å². The maximum atomic E-state index is 11.7. The van der Waals surface area contributed by atoms with Crippen LogP contribution in [0.2, 0.25) is 0 Å². The Morgan fingerprint density at radius 3 is 2.45 bits per heavy atom. The Morgan fingerprint density at radius 1 is 1.27 bits per heavy atom. The van der Waals surface area contributed by atoms with Gasteiger partial charge in [0.2, 0.25) is 0 Å². The second-order valence-corrected chi connectivity index (χ2v) is 7.94. The molecule has 0 saturated carbocycles. The largest absolute Gasteiger partial charge is 0.351 e. The van der Waals surface area contributed by atoms with E-state index in [-0.39, 0.29) is 11.4 Å². The number of hydrogen-bond donors (Lipinski definition) is 1. The zero-order chi connectivity index (χ0) is 16.5. The van der Waals surface area contributed by atoms with Crippen LogP contribution in [0.4, 0.5) is 4.79 Å². The molecule has 0 bridgehead atoms. The molecule has 1 heterocycles. The third-order valence-electron chi connectivity index (χ3n) is 5.05. The van der Waals surface area contributed by atoms with Crippen LogP contribution in [-0.4, -0.2) is 24.0 Å². The van der Waals surface area contributed by atoms with Gasteiger partial charge in [-0.05, 0) is 34.8 Å². The number of hydrogen-bond acceptors (Lipinski definition) is 1. The first-order valence-corrected chi connectivity index (χ1v) is 8.35. The standard InChI is InChI=1S/C19H30N2O/c1-13(2)14-8-6-7-9-15(14)16-12-21(18(20)22)11-10-17(16)19(3,4)5/h6-9,13,16-17H,10-12H2,1-5H3,(H2,20,22). The first-order chi connectivity index (χ1) is 10.2. The van der Waals surface area contributed by atoms with Crippen LogP contribution in [0.3, 0.4) is 0 Å². The molecule has 3 heteroatoms. The predicted octanol–water partition coefficient (Wildman–Crippen LogP) is 4.34. The Morgan fingerprint density at radius 2 is 1.91 bits per heavy atom. The smallest absolute Gasteiger partial charge is 0.314 e. The van der Waals surface area contributed by atoms with Gasteiger partial charge in [0.05, 0.1) is 0 Å². The van der Waals surface area contributed by atoms with Crippen molar-refractivity contribution < 1.29 is 4.79 Å². The molecule has 3 nitrogen and oxygen atoms in total. The molecule has 2 amide bonds. The van der Waals surface area contributed by atoms with Gasteiger partial charge in [-0.1, -0.05) is 58.9 Å². The average Bonchev–Trinajstić information content (AvgIpc) is 2.45. The van der Waals surface area contributed by atoms with Gasteiger partial charge in [0.1, 0.15) is 0 Å². The molecule has 1 aromatic rings. The van der Waals surface area contributed by atoms with Crippen LogP contribution in [0.5, 0.6) is 0 Å². The number of carbonyl (C=O) groups is 1. The van der Waals surface area contributed by atoms with Crippen molar-refractivity contribution in [3.8, 4) is 0 Å². The van der Waals surface area contributed by atoms with E-state index in [9.17, 15) is 4.79 Å².